The molecule has 0 atom stereocenters. The first-order valence-electron chi connectivity index (χ1n) is 4.19. The van der Waals surface area contributed by atoms with E-state index in [1.165, 1.54) is 0 Å². The lowest BCUT2D eigenvalue weighted by molar-refractivity contribution is -0.136. The Bertz CT molecular complexity index is 409. The van der Waals surface area contributed by atoms with Crippen molar-refractivity contribution in [1.82, 2.24) is 4.98 Å². The third-order valence-corrected chi connectivity index (χ3v) is 1.84. The zero-order chi connectivity index (χ0) is 12.3. The van der Waals surface area contributed by atoms with Crippen LogP contribution in [0.25, 0.3) is 0 Å². The smallest absolute Gasteiger partial charge is 0.308 e. The average molecular weight is 235 g/mol. The van der Waals surface area contributed by atoms with Crippen molar-refractivity contribution >= 4 is 5.97 Å². The highest BCUT2D eigenvalue weighted by molar-refractivity contribution is 5.71. The average Bonchev–Trinajstić information content (AvgIpc) is 2.19. The zero-order valence-electron chi connectivity index (χ0n) is 8.21. The molecule has 0 spiro atoms. The van der Waals surface area contributed by atoms with Crippen LogP contribution in [0.4, 0.5) is 13.2 Å². The summed E-state index contributed by atoms with van der Waals surface area (Å²) in [5, 5.41) is 8.54. The first-order valence-corrected chi connectivity index (χ1v) is 4.19. The van der Waals surface area contributed by atoms with Gasteiger partial charge < -0.3 is 9.84 Å². The minimum absolute atomic E-state index is 0.245. The molecule has 1 heterocycles. The number of hydrogen-bond donors (Lipinski definition) is 1. The molecule has 1 aromatic rings. The number of pyridine rings is 1. The lowest BCUT2D eigenvalue weighted by Gasteiger charge is -2.11. The SMILES string of the molecule is COc1cc(F)nc(C(F)F)c1CC(=O)O. The number of aromatic nitrogens is 1. The molecule has 0 bridgehead atoms. The van der Waals surface area contributed by atoms with E-state index in [-0.39, 0.29) is 11.3 Å². The standard InChI is InChI=1S/C9H8F3NO3/c1-16-5-3-6(10)13-8(9(11)12)4(5)2-7(14)15/h3,9H,2H2,1H3,(H,14,15). The van der Waals surface area contributed by atoms with Crippen LogP contribution in [-0.2, 0) is 11.2 Å². The van der Waals surface area contributed by atoms with Gasteiger partial charge in [0.1, 0.15) is 11.4 Å². The number of carboxylic acids is 1. The van der Waals surface area contributed by atoms with Crippen molar-refractivity contribution in [2.24, 2.45) is 0 Å². The number of alkyl halides is 2. The Kier molecular flexibility index (Phi) is 3.70. The van der Waals surface area contributed by atoms with Gasteiger partial charge in [0.25, 0.3) is 6.43 Å². The maximum Gasteiger partial charge on any atom is 0.308 e. The molecule has 1 aromatic heterocycles. The molecule has 1 N–H and O–H groups in total. The second-order valence-corrected chi connectivity index (χ2v) is 2.88. The highest BCUT2D eigenvalue weighted by atomic mass is 19.3. The summed E-state index contributed by atoms with van der Waals surface area (Å²) in [7, 11) is 1.13. The summed E-state index contributed by atoms with van der Waals surface area (Å²) in [6.45, 7) is 0. The third-order valence-electron chi connectivity index (χ3n) is 1.84. The van der Waals surface area contributed by atoms with E-state index in [4.69, 9.17) is 5.11 Å². The van der Waals surface area contributed by atoms with Gasteiger partial charge in [0.05, 0.1) is 13.5 Å². The van der Waals surface area contributed by atoms with Crippen LogP contribution in [0, 0.1) is 5.95 Å². The van der Waals surface area contributed by atoms with Crippen LogP contribution < -0.4 is 4.74 Å². The molecule has 0 aliphatic carbocycles. The van der Waals surface area contributed by atoms with Gasteiger partial charge in [-0.3, -0.25) is 4.79 Å². The highest BCUT2D eigenvalue weighted by Gasteiger charge is 2.22. The second-order valence-electron chi connectivity index (χ2n) is 2.88. The minimum atomic E-state index is -3.06. The van der Waals surface area contributed by atoms with Gasteiger partial charge in [-0.25, -0.2) is 13.8 Å². The summed E-state index contributed by atoms with van der Waals surface area (Å²) in [5.74, 6) is -2.71. The van der Waals surface area contributed by atoms with E-state index >= 15 is 0 Å². The number of rotatable bonds is 4. The first kappa shape index (κ1) is 12.3. The number of nitrogens with zero attached hydrogens (tertiary/aromatic N) is 1. The Morgan fingerprint density at radius 2 is 2.25 bits per heavy atom. The number of aliphatic carboxylic acids is 1. The maximum atomic E-state index is 12.8. The number of carbonyl (C=O) groups is 1. The maximum absolute atomic E-state index is 12.8. The quantitative estimate of drug-likeness (QED) is 0.808. The Morgan fingerprint density at radius 3 is 2.69 bits per heavy atom. The van der Waals surface area contributed by atoms with Crippen LogP contribution in [0.5, 0.6) is 5.75 Å². The highest BCUT2D eigenvalue weighted by Crippen LogP contribution is 2.29. The fourth-order valence-corrected chi connectivity index (χ4v) is 1.23. The van der Waals surface area contributed by atoms with E-state index in [1.807, 2.05) is 0 Å². The van der Waals surface area contributed by atoms with Crippen molar-refractivity contribution in [3.8, 4) is 5.75 Å². The van der Waals surface area contributed by atoms with Gasteiger partial charge in [-0.2, -0.15) is 4.39 Å². The first-order chi connectivity index (χ1) is 7.45. The van der Waals surface area contributed by atoms with Gasteiger partial charge in [-0.15, -0.1) is 0 Å². The summed E-state index contributed by atoms with van der Waals surface area (Å²) < 4.78 is 42.5. The molecule has 0 saturated heterocycles. The minimum Gasteiger partial charge on any atom is -0.496 e. The summed E-state index contributed by atoms with van der Waals surface area (Å²) in [5.41, 5.74) is -1.22. The fourth-order valence-electron chi connectivity index (χ4n) is 1.23. The predicted molar refractivity (Wildman–Crippen MR) is 47.0 cm³/mol. The molecule has 1 rings (SSSR count). The molecule has 0 unspecified atom stereocenters. The molecule has 0 aromatic carbocycles. The zero-order valence-corrected chi connectivity index (χ0v) is 8.21. The van der Waals surface area contributed by atoms with Crippen molar-refractivity contribution in [2.75, 3.05) is 7.11 Å². The number of carboxylic acid groups (broad SMARTS) is 1. The van der Waals surface area contributed by atoms with Crippen LogP contribution in [0.1, 0.15) is 17.7 Å². The van der Waals surface area contributed by atoms with Gasteiger partial charge in [0.15, 0.2) is 0 Å². The molecular formula is C9H8F3NO3. The number of methoxy groups -OCH3 is 1. The van der Waals surface area contributed by atoms with Crippen LogP contribution in [0.15, 0.2) is 6.07 Å². The number of ether oxygens (including phenoxy) is 1. The monoisotopic (exact) mass is 235 g/mol. The van der Waals surface area contributed by atoms with E-state index in [0.29, 0.717) is 0 Å². The van der Waals surface area contributed by atoms with Gasteiger partial charge >= 0.3 is 5.97 Å². The second kappa shape index (κ2) is 4.82. The van der Waals surface area contributed by atoms with Crippen LogP contribution in [0.2, 0.25) is 0 Å². The summed E-state index contributed by atoms with van der Waals surface area (Å²) in [4.78, 5) is 13.4. The third kappa shape index (κ3) is 2.62. The van der Waals surface area contributed by atoms with Gasteiger partial charge in [-0.05, 0) is 0 Å². The molecular weight excluding hydrogens is 227 g/mol. The van der Waals surface area contributed by atoms with Crippen molar-refractivity contribution < 1.29 is 27.8 Å². The van der Waals surface area contributed by atoms with Crippen molar-refractivity contribution in [3.63, 3.8) is 0 Å². The van der Waals surface area contributed by atoms with E-state index < -0.39 is 30.5 Å². The number of halogens is 3. The van der Waals surface area contributed by atoms with E-state index in [0.717, 1.165) is 13.2 Å². The molecule has 0 radical (unpaired) electrons. The molecule has 0 saturated carbocycles. The predicted octanol–water partition coefficient (Wildman–Crippen LogP) is 1.79. The van der Waals surface area contributed by atoms with E-state index in [2.05, 4.69) is 9.72 Å². The van der Waals surface area contributed by atoms with E-state index in [1.54, 1.807) is 0 Å². The molecule has 4 nitrogen and oxygen atoms in total. The van der Waals surface area contributed by atoms with E-state index in [9.17, 15) is 18.0 Å². The van der Waals surface area contributed by atoms with Crippen molar-refractivity contribution in [3.05, 3.63) is 23.3 Å². The largest absolute Gasteiger partial charge is 0.496 e. The van der Waals surface area contributed by atoms with Crippen molar-refractivity contribution in [1.29, 1.82) is 0 Å². The molecule has 0 amide bonds. The Labute approximate surface area is 88.7 Å². The molecule has 0 aliphatic heterocycles. The summed E-state index contributed by atoms with van der Waals surface area (Å²) in [6.07, 6.45) is -3.75. The topological polar surface area (TPSA) is 59.4 Å². The molecule has 0 fully saturated rings. The lowest BCUT2D eigenvalue weighted by atomic mass is 10.1. The van der Waals surface area contributed by atoms with Crippen LogP contribution >= 0.6 is 0 Å². The lowest BCUT2D eigenvalue weighted by Crippen LogP contribution is -2.09. The van der Waals surface area contributed by atoms with Crippen molar-refractivity contribution in [2.45, 2.75) is 12.8 Å². The molecule has 16 heavy (non-hydrogen) atoms. The molecule has 88 valence electrons. The fraction of sp³-hybridized carbons (Fsp3) is 0.333. The van der Waals surface area contributed by atoms with Crippen LogP contribution in [0.3, 0.4) is 0 Å². The van der Waals surface area contributed by atoms with Gasteiger partial charge in [-0.1, -0.05) is 0 Å². The van der Waals surface area contributed by atoms with Gasteiger partial charge in [0.2, 0.25) is 5.95 Å². The summed E-state index contributed by atoms with van der Waals surface area (Å²) >= 11 is 0. The van der Waals surface area contributed by atoms with Gasteiger partial charge in [0, 0.05) is 11.6 Å². The summed E-state index contributed by atoms with van der Waals surface area (Å²) in [6, 6.07) is 0.768. The number of hydrogen-bond acceptors (Lipinski definition) is 3. The Hall–Kier alpha value is -1.79. The normalized spacial score (nSPS) is 10.6. The molecule has 0 aliphatic rings. The Morgan fingerprint density at radius 1 is 1.62 bits per heavy atom. The Balaban J connectivity index is 3.32. The van der Waals surface area contributed by atoms with Crippen LogP contribution in [-0.4, -0.2) is 23.2 Å². The molecule has 7 heteroatoms.